The van der Waals surface area contributed by atoms with Gasteiger partial charge in [-0.15, -0.1) is 0 Å². The van der Waals surface area contributed by atoms with E-state index in [4.69, 9.17) is 5.26 Å². The quantitative estimate of drug-likeness (QED) is 0.875. The van der Waals surface area contributed by atoms with Gasteiger partial charge >= 0.3 is 0 Å². The number of carbonyl (C=O) groups excluding carboxylic acids is 1. The highest BCUT2D eigenvalue weighted by Gasteiger charge is 2.30. The van der Waals surface area contributed by atoms with E-state index in [1.165, 1.54) is 11.5 Å². The van der Waals surface area contributed by atoms with Crippen LogP contribution in [0, 0.1) is 17.2 Å². The third-order valence-corrected chi connectivity index (χ3v) is 3.34. The van der Waals surface area contributed by atoms with Gasteiger partial charge in [-0.25, -0.2) is 0 Å². The van der Waals surface area contributed by atoms with Gasteiger partial charge in [0.15, 0.2) is 0 Å². The Labute approximate surface area is 98.5 Å². The molecule has 4 nitrogen and oxygen atoms in total. The summed E-state index contributed by atoms with van der Waals surface area (Å²) < 4.78 is 4.22. The van der Waals surface area contributed by atoms with Gasteiger partial charge < -0.3 is 5.32 Å². The SMILES string of the molecule is CC(C)c1nsc(NC(=O)C2CC2)c1C#N. The summed E-state index contributed by atoms with van der Waals surface area (Å²) in [6.07, 6.45) is 1.92. The fourth-order valence-corrected chi connectivity index (χ4v) is 2.33. The standard InChI is InChI=1S/C11H13N3OS/c1-6(2)9-8(5-12)11(16-14-9)13-10(15)7-3-4-7/h6-7H,3-4H2,1-2H3,(H,13,15). The summed E-state index contributed by atoms with van der Waals surface area (Å²) in [6, 6.07) is 2.12. The molecule has 0 unspecified atom stereocenters. The minimum Gasteiger partial charge on any atom is -0.315 e. The molecule has 1 aliphatic rings. The molecule has 1 saturated carbocycles. The van der Waals surface area contributed by atoms with Crippen LogP contribution < -0.4 is 5.32 Å². The van der Waals surface area contributed by atoms with Gasteiger partial charge in [0, 0.05) is 5.92 Å². The third-order valence-electron chi connectivity index (χ3n) is 2.56. The Morgan fingerprint density at radius 2 is 2.31 bits per heavy atom. The Kier molecular flexibility index (Phi) is 2.92. The van der Waals surface area contributed by atoms with Crippen molar-refractivity contribution in [3.05, 3.63) is 11.3 Å². The fraction of sp³-hybridized carbons (Fsp3) is 0.545. The summed E-state index contributed by atoms with van der Waals surface area (Å²) in [5.41, 5.74) is 1.30. The molecule has 0 saturated heterocycles. The van der Waals surface area contributed by atoms with E-state index in [0.717, 1.165) is 18.5 Å². The maximum atomic E-state index is 11.6. The average molecular weight is 235 g/mol. The lowest BCUT2D eigenvalue weighted by atomic mass is 10.1. The fourth-order valence-electron chi connectivity index (χ4n) is 1.45. The molecule has 1 fully saturated rings. The van der Waals surface area contributed by atoms with Crippen LogP contribution in [0.5, 0.6) is 0 Å². The number of aromatic nitrogens is 1. The number of rotatable bonds is 3. The van der Waals surface area contributed by atoms with Crippen LogP contribution in [0.4, 0.5) is 5.00 Å². The Balaban J connectivity index is 2.20. The predicted octanol–water partition coefficient (Wildman–Crippen LogP) is 2.49. The molecule has 0 atom stereocenters. The van der Waals surface area contributed by atoms with Crippen molar-refractivity contribution in [3.8, 4) is 6.07 Å². The van der Waals surface area contributed by atoms with E-state index in [1.807, 2.05) is 13.8 Å². The molecule has 1 heterocycles. The minimum absolute atomic E-state index is 0.0236. The molecule has 84 valence electrons. The zero-order chi connectivity index (χ0) is 11.7. The van der Waals surface area contributed by atoms with Crippen LogP contribution in [0.3, 0.4) is 0 Å². The van der Waals surface area contributed by atoms with E-state index >= 15 is 0 Å². The highest BCUT2D eigenvalue weighted by atomic mass is 32.1. The first-order valence-electron chi connectivity index (χ1n) is 5.34. The number of amides is 1. The number of hydrogen-bond acceptors (Lipinski definition) is 4. The summed E-state index contributed by atoms with van der Waals surface area (Å²) in [7, 11) is 0. The summed E-state index contributed by atoms with van der Waals surface area (Å²) in [4.78, 5) is 11.6. The van der Waals surface area contributed by atoms with Crippen LogP contribution in [-0.2, 0) is 4.79 Å². The lowest BCUT2D eigenvalue weighted by Gasteiger charge is -2.02. The average Bonchev–Trinajstić information content (AvgIpc) is 3.00. The Morgan fingerprint density at radius 3 is 2.81 bits per heavy atom. The van der Waals surface area contributed by atoms with E-state index < -0.39 is 0 Å². The third kappa shape index (κ3) is 2.07. The van der Waals surface area contributed by atoms with Gasteiger partial charge in [0.1, 0.15) is 16.6 Å². The van der Waals surface area contributed by atoms with E-state index in [0.29, 0.717) is 10.6 Å². The molecule has 0 bridgehead atoms. The van der Waals surface area contributed by atoms with Crippen LogP contribution >= 0.6 is 11.5 Å². The molecule has 0 spiro atoms. The largest absolute Gasteiger partial charge is 0.315 e. The molecule has 1 aliphatic carbocycles. The zero-order valence-corrected chi connectivity index (χ0v) is 10.1. The van der Waals surface area contributed by atoms with Crippen LogP contribution in [0.1, 0.15) is 43.9 Å². The summed E-state index contributed by atoms with van der Waals surface area (Å²) in [6.45, 7) is 3.98. The van der Waals surface area contributed by atoms with Crippen molar-refractivity contribution in [3.63, 3.8) is 0 Å². The van der Waals surface area contributed by atoms with Crippen molar-refractivity contribution < 1.29 is 4.79 Å². The highest BCUT2D eigenvalue weighted by Crippen LogP contribution is 2.33. The van der Waals surface area contributed by atoms with Crippen molar-refractivity contribution in [2.75, 3.05) is 5.32 Å². The van der Waals surface area contributed by atoms with E-state index in [1.54, 1.807) is 0 Å². The molecule has 0 aromatic carbocycles. The maximum Gasteiger partial charge on any atom is 0.228 e. The smallest absolute Gasteiger partial charge is 0.228 e. The van der Waals surface area contributed by atoms with E-state index in [2.05, 4.69) is 15.8 Å². The second-order valence-electron chi connectivity index (χ2n) is 4.30. The van der Waals surface area contributed by atoms with Gasteiger partial charge in [-0.2, -0.15) is 9.64 Å². The van der Waals surface area contributed by atoms with Crippen LogP contribution in [0.25, 0.3) is 0 Å². The molecule has 2 rings (SSSR count). The maximum absolute atomic E-state index is 11.6. The monoisotopic (exact) mass is 235 g/mol. The predicted molar refractivity (Wildman–Crippen MR) is 62.3 cm³/mol. The zero-order valence-electron chi connectivity index (χ0n) is 9.28. The van der Waals surface area contributed by atoms with Crippen molar-refractivity contribution in [1.82, 2.24) is 4.37 Å². The van der Waals surface area contributed by atoms with Crippen molar-refractivity contribution in [2.45, 2.75) is 32.6 Å². The Hall–Kier alpha value is -1.41. The van der Waals surface area contributed by atoms with Gasteiger partial charge in [0.25, 0.3) is 0 Å². The highest BCUT2D eigenvalue weighted by molar-refractivity contribution is 7.10. The first-order chi connectivity index (χ1) is 7.63. The Bertz CT molecular complexity index is 454. The second kappa shape index (κ2) is 4.22. The molecule has 5 heteroatoms. The molecule has 1 N–H and O–H groups in total. The lowest BCUT2D eigenvalue weighted by Crippen LogP contribution is -2.13. The molecular weight excluding hydrogens is 222 g/mol. The van der Waals surface area contributed by atoms with Gasteiger partial charge in [0.05, 0.1) is 5.69 Å². The Morgan fingerprint density at radius 1 is 1.62 bits per heavy atom. The number of nitrogens with zero attached hydrogens (tertiary/aromatic N) is 2. The molecule has 1 aromatic rings. The number of carbonyl (C=O) groups is 1. The van der Waals surface area contributed by atoms with Gasteiger partial charge in [-0.3, -0.25) is 4.79 Å². The summed E-state index contributed by atoms with van der Waals surface area (Å²) in [5.74, 6) is 0.379. The minimum atomic E-state index is 0.0236. The first kappa shape index (κ1) is 11.1. The topological polar surface area (TPSA) is 65.8 Å². The number of anilines is 1. The van der Waals surface area contributed by atoms with Crippen molar-refractivity contribution >= 4 is 22.4 Å². The van der Waals surface area contributed by atoms with Gasteiger partial charge in [-0.1, -0.05) is 13.8 Å². The molecule has 1 aromatic heterocycles. The second-order valence-corrected chi connectivity index (χ2v) is 5.08. The molecule has 16 heavy (non-hydrogen) atoms. The van der Waals surface area contributed by atoms with E-state index in [9.17, 15) is 4.79 Å². The van der Waals surface area contributed by atoms with E-state index in [-0.39, 0.29) is 17.7 Å². The first-order valence-corrected chi connectivity index (χ1v) is 6.11. The molecular formula is C11H13N3OS. The number of hydrogen-bond donors (Lipinski definition) is 1. The number of nitriles is 1. The molecule has 0 radical (unpaired) electrons. The van der Waals surface area contributed by atoms with Gasteiger partial charge in [-0.05, 0) is 30.3 Å². The molecule has 1 amide bonds. The van der Waals surface area contributed by atoms with Crippen LogP contribution in [0.2, 0.25) is 0 Å². The normalized spacial score (nSPS) is 14.9. The van der Waals surface area contributed by atoms with Crippen molar-refractivity contribution in [1.29, 1.82) is 5.26 Å². The van der Waals surface area contributed by atoms with Crippen LogP contribution in [0.15, 0.2) is 0 Å². The van der Waals surface area contributed by atoms with Gasteiger partial charge in [0.2, 0.25) is 5.91 Å². The van der Waals surface area contributed by atoms with Crippen LogP contribution in [-0.4, -0.2) is 10.3 Å². The van der Waals surface area contributed by atoms with Crippen molar-refractivity contribution in [2.24, 2.45) is 5.92 Å². The lowest BCUT2D eigenvalue weighted by molar-refractivity contribution is -0.117. The summed E-state index contributed by atoms with van der Waals surface area (Å²) >= 11 is 1.20. The number of nitrogens with one attached hydrogen (secondary N) is 1. The molecule has 0 aliphatic heterocycles. The summed E-state index contributed by atoms with van der Waals surface area (Å²) in [5, 5.41) is 12.5.